The maximum Gasteiger partial charge on any atom is 0.355 e. The highest BCUT2D eigenvalue weighted by molar-refractivity contribution is 9.10. The molecule has 4 aromatic rings. The van der Waals surface area contributed by atoms with E-state index in [0.29, 0.717) is 27.1 Å². The fourth-order valence-corrected chi connectivity index (χ4v) is 3.88. The average Bonchev–Trinajstić information content (AvgIpc) is 2.61. The predicted octanol–water partition coefficient (Wildman–Crippen LogP) is 5.90. The van der Waals surface area contributed by atoms with E-state index in [9.17, 15) is 10.1 Å². The van der Waals surface area contributed by atoms with Crippen LogP contribution < -0.4 is 5.63 Å². The van der Waals surface area contributed by atoms with Crippen LogP contribution in [-0.4, -0.2) is 0 Å². The zero-order valence-electron chi connectivity index (χ0n) is 12.7. The van der Waals surface area contributed by atoms with Crippen LogP contribution in [0.2, 0.25) is 5.02 Å². The topological polar surface area (TPSA) is 54.0 Å². The SMILES string of the molecule is N#Cc1c(-c2ccccc2Cl)c2c(Br)cc3ccccc3c2oc1=O. The first-order valence-electron chi connectivity index (χ1n) is 7.45. The molecule has 3 aromatic carbocycles. The standard InChI is InChI=1S/C20H9BrClNO2/c21-15-9-11-5-1-2-6-12(11)19-18(15)17(14(10-23)20(24)25-19)13-7-3-4-8-16(13)22/h1-9H. The second-order valence-electron chi connectivity index (χ2n) is 5.51. The fraction of sp³-hybridized carbons (Fsp3) is 0. The molecule has 4 rings (SSSR count). The van der Waals surface area contributed by atoms with Gasteiger partial charge in [0.1, 0.15) is 17.2 Å². The molecule has 25 heavy (non-hydrogen) atoms. The van der Waals surface area contributed by atoms with Gasteiger partial charge in [0.25, 0.3) is 0 Å². The molecule has 0 radical (unpaired) electrons. The average molecular weight is 411 g/mol. The Kier molecular flexibility index (Phi) is 3.84. The van der Waals surface area contributed by atoms with Gasteiger partial charge in [-0.3, -0.25) is 0 Å². The molecule has 0 unspecified atom stereocenters. The Morgan fingerprint density at radius 2 is 1.80 bits per heavy atom. The normalized spacial score (nSPS) is 10.9. The lowest BCUT2D eigenvalue weighted by atomic mass is 9.95. The Labute approximate surface area is 156 Å². The molecule has 5 heteroatoms. The van der Waals surface area contributed by atoms with E-state index in [4.69, 9.17) is 16.0 Å². The van der Waals surface area contributed by atoms with Crippen LogP contribution in [0.1, 0.15) is 5.56 Å². The molecule has 1 aromatic heterocycles. The third kappa shape index (κ3) is 2.44. The summed E-state index contributed by atoms with van der Waals surface area (Å²) >= 11 is 9.92. The summed E-state index contributed by atoms with van der Waals surface area (Å²) < 4.78 is 6.26. The summed E-state index contributed by atoms with van der Waals surface area (Å²) in [6.07, 6.45) is 0. The molecule has 0 amide bonds. The molecule has 0 bridgehead atoms. The summed E-state index contributed by atoms with van der Waals surface area (Å²) in [5.74, 6) is 0. The number of nitrogens with zero attached hydrogens (tertiary/aromatic N) is 1. The smallest absolute Gasteiger partial charge is 0.355 e. The van der Waals surface area contributed by atoms with Crippen molar-refractivity contribution in [2.45, 2.75) is 0 Å². The molecule has 0 saturated carbocycles. The van der Waals surface area contributed by atoms with Crippen molar-refractivity contribution in [3.63, 3.8) is 0 Å². The Balaban J connectivity index is 2.33. The van der Waals surface area contributed by atoms with Crippen molar-refractivity contribution >= 4 is 49.3 Å². The van der Waals surface area contributed by atoms with E-state index >= 15 is 0 Å². The second-order valence-corrected chi connectivity index (χ2v) is 6.78. The van der Waals surface area contributed by atoms with E-state index in [-0.39, 0.29) is 5.56 Å². The van der Waals surface area contributed by atoms with Gasteiger partial charge in [-0.2, -0.15) is 5.26 Å². The van der Waals surface area contributed by atoms with E-state index in [1.807, 2.05) is 42.5 Å². The molecule has 0 aliphatic heterocycles. The predicted molar refractivity (Wildman–Crippen MR) is 103 cm³/mol. The Morgan fingerprint density at radius 3 is 2.56 bits per heavy atom. The monoisotopic (exact) mass is 409 g/mol. The number of halogens is 2. The third-order valence-corrected chi connectivity index (χ3v) is 5.06. The van der Waals surface area contributed by atoms with E-state index in [1.165, 1.54) is 0 Å². The molecule has 0 fully saturated rings. The van der Waals surface area contributed by atoms with Crippen LogP contribution in [0.3, 0.4) is 0 Å². The van der Waals surface area contributed by atoms with Gasteiger partial charge in [-0.15, -0.1) is 0 Å². The molecule has 0 spiro atoms. The van der Waals surface area contributed by atoms with Gasteiger partial charge >= 0.3 is 5.63 Å². The van der Waals surface area contributed by atoms with Crippen LogP contribution >= 0.6 is 27.5 Å². The molecule has 0 aliphatic rings. The summed E-state index contributed by atoms with van der Waals surface area (Å²) in [6, 6.07) is 18.7. The van der Waals surface area contributed by atoms with Crippen molar-refractivity contribution in [1.29, 1.82) is 5.26 Å². The lowest BCUT2D eigenvalue weighted by molar-refractivity contribution is 0.562. The number of nitriles is 1. The molecule has 0 N–H and O–H groups in total. The molecule has 0 aliphatic carbocycles. The van der Waals surface area contributed by atoms with E-state index in [0.717, 1.165) is 15.2 Å². The maximum atomic E-state index is 12.5. The highest BCUT2D eigenvalue weighted by Crippen LogP contribution is 2.41. The van der Waals surface area contributed by atoms with Gasteiger partial charge in [-0.25, -0.2) is 4.79 Å². The molecule has 3 nitrogen and oxygen atoms in total. The summed E-state index contributed by atoms with van der Waals surface area (Å²) in [7, 11) is 0. The number of benzene rings is 3. The minimum atomic E-state index is -0.673. The van der Waals surface area contributed by atoms with Crippen LogP contribution in [0.25, 0.3) is 32.9 Å². The molecular weight excluding hydrogens is 402 g/mol. The molecule has 0 atom stereocenters. The van der Waals surface area contributed by atoms with Gasteiger partial charge in [0, 0.05) is 31.4 Å². The second kappa shape index (κ2) is 6.03. The third-order valence-electron chi connectivity index (χ3n) is 4.11. The largest absolute Gasteiger partial charge is 0.421 e. The Hall–Kier alpha value is -2.61. The summed E-state index contributed by atoms with van der Waals surface area (Å²) in [6.45, 7) is 0. The number of rotatable bonds is 1. The van der Waals surface area contributed by atoms with Gasteiger partial charge in [0.2, 0.25) is 0 Å². The van der Waals surface area contributed by atoms with Crippen molar-refractivity contribution in [1.82, 2.24) is 0 Å². The van der Waals surface area contributed by atoms with Crippen molar-refractivity contribution in [2.24, 2.45) is 0 Å². The van der Waals surface area contributed by atoms with Crippen LogP contribution in [0.4, 0.5) is 0 Å². The number of hydrogen-bond acceptors (Lipinski definition) is 3. The van der Waals surface area contributed by atoms with Crippen LogP contribution in [0.5, 0.6) is 0 Å². The maximum absolute atomic E-state index is 12.5. The van der Waals surface area contributed by atoms with Crippen molar-refractivity contribution < 1.29 is 4.42 Å². The quantitative estimate of drug-likeness (QED) is 0.290. The minimum absolute atomic E-state index is 0.0587. The van der Waals surface area contributed by atoms with Gasteiger partial charge in [-0.1, -0.05) is 54.1 Å². The van der Waals surface area contributed by atoms with Crippen molar-refractivity contribution in [2.75, 3.05) is 0 Å². The zero-order chi connectivity index (χ0) is 17.6. The van der Waals surface area contributed by atoms with Crippen LogP contribution in [0.15, 0.2) is 68.3 Å². The first-order valence-corrected chi connectivity index (χ1v) is 8.62. The molecule has 1 heterocycles. The highest BCUT2D eigenvalue weighted by Gasteiger charge is 2.21. The van der Waals surface area contributed by atoms with Gasteiger partial charge in [0.15, 0.2) is 0 Å². The van der Waals surface area contributed by atoms with Crippen molar-refractivity contribution in [3.8, 4) is 17.2 Å². The number of fused-ring (bicyclic) bond motifs is 3. The Bertz CT molecular complexity index is 1250. The van der Waals surface area contributed by atoms with Gasteiger partial charge < -0.3 is 4.42 Å². The first-order chi connectivity index (χ1) is 12.1. The molecular formula is C20H9BrClNO2. The highest BCUT2D eigenvalue weighted by atomic mass is 79.9. The Morgan fingerprint density at radius 1 is 1.08 bits per heavy atom. The molecule has 120 valence electrons. The van der Waals surface area contributed by atoms with Crippen molar-refractivity contribution in [3.05, 3.63) is 80.1 Å². The fourth-order valence-electron chi connectivity index (χ4n) is 3.03. The van der Waals surface area contributed by atoms with Crippen LogP contribution in [0, 0.1) is 11.3 Å². The van der Waals surface area contributed by atoms with E-state index < -0.39 is 5.63 Å². The van der Waals surface area contributed by atoms with E-state index in [1.54, 1.807) is 18.2 Å². The van der Waals surface area contributed by atoms with Gasteiger partial charge in [-0.05, 0) is 33.4 Å². The summed E-state index contributed by atoms with van der Waals surface area (Å²) in [5.41, 5.74) is 0.806. The number of hydrogen-bond donors (Lipinski definition) is 0. The van der Waals surface area contributed by atoms with Gasteiger partial charge in [0.05, 0.1) is 0 Å². The molecule has 0 saturated heterocycles. The first kappa shape index (κ1) is 15.9. The van der Waals surface area contributed by atoms with E-state index in [2.05, 4.69) is 15.9 Å². The minimum Gasteiger partial charge on any atom is -0.421 e. The zero-order valence-corrected chi connectivity index (χ0v) is 15.1. The lowest BCUT2D eigenvalue weighted by Crippen LogP contribution is -2.07. The summed E-state index contributed by atoms with van der Waals surface area (Å²) in [4.78, 5) is 12.5. The lowest BCUT2D eigenvalue weighted by Gasteiger charge is -2.12. The van der Waals surface area contributed by atoms with Crippen LogP contribution in [-0.2, 0) is 0 Å². The summed E-state index contributed by atoms with van der Waals surface area (Å²) in [5, 5.41) is 12.4.